The number of carbonyl (C=O) groups is 1. The normalized spacial score (nSPS) is 29.0. The summed E-state index contributed by atoms with van der Waals surface area (Å²) in [5.74, 6) is 0.412. The first-order chi connectivity index (χ1) is 10.6. The van der Waals surface area contributed by atoms with Gasteiger partial charge in [0.2, 0.25) is 5.91 Å². The highest BCUT2D eigenvalue weighted by atomic mass is 16.2. The van der Waals surface area contributed by atoms with Crippen molar-refractivity contribution in [3.8, 4) is 0 Å². The maximum atomic E-state index is 13.0. The van der Waals surface area contributed by atoms with Crippen LogP contribution in [0.3, 0.4) is 0 Å². The standard InChI is InChI=1S/C18H27N3O/c1-13-11-20(2)17-9-4-3-6-15(17)12-21(13)18(22)14-7-5-8-16(19)10-14/h3-4,6,9,13-14,16H,5,7-8,10-12,19H2,1-2H3. The number of fused-ring (bicyclic) bond motifs is 1. The molecule has 1 aliphatic carbocycles. The minimum Gasteiger partial charge on any atom is -0.372 e. The molecule has 0 aromatic heterocycles. The number of likely N-dealkylation sites (N-methyl/N-ethyl adjacent to an activating group) is 1. The molecular weight excluding hydrogens is 274 g/mol. The number of para-hydroxylation sites is 1. The highest BCUT2D eigenvalue weighted by molar-refractivity contribution is 5.80. The van der Waals surface area contributed by atoms with Gasteiger partial charge in [-0.3, -0.25) is 4.79 Å². The number of nitrogens with zero attached hydrogens (tertiary/aromatic N) is 2. The Labute approximate surface area is 133 Å². The third kappa shape index (κ3) is 2.98. The van der Waals surface area contributed by atoms with Gasteiger partial charge in [0.15, 0.2) is 0 Å². The molecule has 1 fully saturated rings. The number of rotatable bonds is 1. The molecule has 1 heterocycles. The lowest BCUT2D eigenvalue weighted by Gasteiger charge is -2.34. The molecule has 4 heteroatoms. The smallest absolute Gasteiger partial charge is 0.226 e. The summed E-state index contributed by atoms with van der Waals surface area (Å²) in [5, 5.41) is 0. The molecule has 0 bridgehead atoms. The second-order valence-corrected chi connectivity index (χ2v) is 6.95. The minimum absolute atomic E-state index is 0.113. The van der Waals surface area contributed by atoms with E-state index in [1.54, 1.807) is 0 Å². The van der Waals surface area contributed by atoms with Gasteiger partial charge in [0.05, 0.1) is 0 Å². The highest BCUT2D eigenvalue weighted by Gasteiger charge is 2.33. The summed E-state index contributed by atoms with van der Waals surface area (Å²) < 4.78 is 0. The van der Waals surface area contributed by atoms with Gasteiger partial charge in [0, 0.05) is 43.8 Å². The van der Waals surface area contributed by atoms with Crippen molar-refractivity contribution in [1.29, 1.82) is 0 Å². The van der Waals surface area contributed by atoms with E-state index in [4.69, 9.17) is 5.73 Å². The van der Waals surface area contributed by atoms with Crippen LogP contribution in [0.4, 0.5) is 5.69 Å². The molecule has 0 radical (unpaired) electrons. The zero-order valence-corrected chi connectivity index (χ0v) is 13.7. The maximum Gasteiger partial charge on any atom is 0.226 e. The number of amides is 1. The van der Waals surface area contributed by atoms with Gasteiger partial charge in [-0.1, -0.05) is 24.6 Å². The summed E-state index contributed by atoms with van der Waals surface area (Å²) in [4.78, 5) is 17.4. The summed E-state index contributed by atoms with van der Waals surface area (Å²) in [7, 11) is 2.11. The summed E-state index contributed by atoms with van der Waals surface area (Å²) in [5.41, 5.74) is 8.56. The van der Waals surface area contributed by atoms with E-state index in [1.807, 2.05) is 0 Å². The van der Waals surface area contributed by atoms with E-state index >= 15 is 0 Å². The van der Waals surface area contributed by atoms with Crippen LogP contribution in [0.25, 0.3) is 0 Å². The van der Waals surface area contributed by atoms with Gasteiger partial charge in [-0.15, -0.1) is 0 Å². The Morgan fingerprint density at radius 1 is 1.27 bits per heavy atom. The molecule has 2 aliphatic rings. The monoisotopic (exact) mass is 301 g/mol. The van der Waals surface area contributed by atoms with Crippen LogP contribution in [0.15, 0.2) is 24.3 Å². The first-order valence-electron chi connectivity index (χ1n) is 8.41. The van der Waals surface area contributed by atoms with Gasteiger partial charge >= 0.3 is 0 Å². The molecule has 1 aliphatic heterocycles. The summed E-state index contributed by atoms with van der Waals surface area (Å²) in [6.07, 6.45) is 3.98. The quantitative estimate of drug-likeness (QED) is 0.866. The summed E-state index contributed by atoms with van der Waals surface area (Å²) >= 11 is 0. The number of carbonyl (C=O) groups excluding carboxylic acids is 1. The number of nitrogens with two attached hydrogens (primary N) is 1. The largest absolute Gasteiger partial charge is 0.372 e. The van der Waals surface area contributed by atoms with Crippen molar-refractivity contribution >= 4 is 11.6 Å². The first-order valence-corrected chi connectivity index (χ1v) is 8.41. The van der Waals surface area contributed by atoms with Crippen molar-refractivity contribution in [2.75, 3.05) is 18.5 Å². The van der Waals surface area contributed by atoms with Crippen LogP contribution in [0.5, 0.6) is 0 Å². The van der Waals surface area contributed by atoms with E-state index in [9.17, 15) is 4.79 Å². The van der Waals surface area contributed by atoms with Crippen molar-refractivity contribution in [3.63, 3.8) is 0 Å². The molecule has 1 aromatic carbocycles. The molecule has 3 rings (SSSR count). The van der Waals surface area contributed by atoms with E-state index in [0.29, 0.717) is 12.5 Å². The molecule has 2 N–H and O–H groups in total. The van der Waals surface area contributed by atoms with Crippen molar-refractivity contribution in [2.45, 2.75) is 51.2 Å². The Morgan fingerprint density at radius 3 is 2.82 bits per heavy atom. The predicted octanol–water partition coefficient (Wildman–Crippen LogP) is 2.37. The third-order valence-electron chi connectivity index (χ3n) is 5.16. The zero-order valence-electron chi connectivity index (χ0n) is 13.7. The highest BCUT2D eigenvalue weighted by Crippen LogP contribution is 2.30. The SMILES string of the molecule is CC1CN(C)c2ccccc2CN1C(=O)C1CCCC(N)C1. The maximum absolute atomic E-state index is 13.0. The summed E-state index contributed by atoms with van der Waals surface area (Å²) in [6, 6.07) is 8.82. The molecule has 0 spiro atoms. The Bertz CT molecular complexity index is 545. The molecule has 120 valence electrons. The van der Waals surface area contributed by atoms with Crippen LogP contribution in [0.1, 0.15) is 38.2 Å². The lowest BCUT2D eigenvalue weighted by atomic mass is 9.85. The van der Waals surface area contributed by atoms with E-state index in [-0.39, 0.29) is 18.0 Å². The van der Waals surface area contributed by atoms with Crippen LogP contribution in [0, 0.1) is 5.92 Å². The molecule has 4 nitrogen and oxygen atoms in total. The zero-order chi connectivity index (χ0) is 15.7. The lowest BCUT2D eigenvalue weighted by molar-refractivity contribution is -0.139. The average Bonchev–Trinajstić information content (AvgIpc) is 2.63. The fourth-order valence-corrected chi connectivity index (χ4v) is 3.93. The fraction of sp³-hybridized carbons (Fsp3) is 0.611. The van der Waals surface area contributed by atoms with Gasteiger partial charge in [-0.05, 0) is 37.8 Å². The Kier molecular flexibility index (Phi) is 4.39. The number of hydrogen-bond donors (Lipinski definition) is 1. The molecule has 1 amide bonds. The molecule has 0 saturated heterocycles. The Hall–Kier alpha value is -1.55. The van der Waals surface area contributed by atoms with Gasteiger partial charge < -0.3 is 15.5 Å². The molecule has 1 aromatic rings. The Balaban J connectivity index is 1.82. The first kappa shape index (κ1) is 15.3. The third-order valence-corrected chi connectivity index (χ3v) is 5.16. The van der Waals surface area contributed by atoms with Crippen LogP contribution >= 0.6 is 0 Å². The second-order valence-electron chi connectivity index (χ2n) is 6.95. The minimum atomic E-state index is 0.113. The average molecular weight is 301 g/mol. The molecule has 3 atom stereocenters. The summed E-state index contributed by atoms with van der Waals surface area (Å²) in [6.45, 7) is 3.75. The fourth-order valence-electron chi connectivity index (χ4n) is 3.93. The van der Waals surface area contributed by atoms with Crippen molar-refractivity contribution in [1.82, 2.24) is 4.90 Å². The van der Waals surface area contributed by atoms with Crippen LogP contribution in [-0.2, 0) is 11.3 Å². The van der Waals surface area contributed by atoms with Crippen LogP contribution < -0.4 is 10.6 Å². The number of benzene rings is 1. The molecular formula is C18H27N3O. The van der Waals surface area contributed by atoms with Crippen molar-refractivity contribution in [3.05, 3.63) is 29.8 Å². The number of hydrogen-bond acceptors (Lipinski definition) is 3. The van der Waals surface area contributed by atoms with Gasteiger partial charge in [-0.2, -0.15) is 0 Å². The van der Waals surface area contributed by atoms with Crippen LogP contribution in [0.2, 0.25) is 0 Å². The second kappa shape index (κ2) is 6.29. The molecule has 1 saturated carbocycles. The van der Waals surface area contributed by atoms with Gasteiger partial charge in [-0.25, -0.2) is 0 Å². The predicted molar refractivity (Wildman–Crippen MR) is 89.7 cm³/mol. The Morgan fingerprint density at radius 2 is 2.05 bits per heavy atom. The van der Waals surface area contributed by atoms with Gasteiger partial charge in [0.1, 0.15) is 0 Å². The van der Waals surface area contributed by atoms with Crippen molar-refractivity contribution < 1.29 is 4.79 Å². The van der Waals surface area contributed by atoms with Gasteiger partial charge in [0.25, 0.3) is 0 Å². The lowest BCUT2D eigenvalue weighted by Crippen LogP contribution is -2.46. The number of anilines is 1. The molecule has 3 unspecified atom stereocenters. The van der Waals surface area contributed by atoms with E-state index in [2.05, 4.69) is 48.0 Å². The molecule has 22 heavy (non-hydrogen) atoms. The van der Waals surface area contributed by atoms with Crippen LogP contribution in [-0.4, -0.2) is 36.5 Å². The topological polar surface area (TPSA) is 49.6 Å². The van der Waals surface area contributed by atoms with E-state index in [0.717, 1.165) is 32.2 Å². The van der Waals surface area contributed by atoms with E-state index < -0.39 is 0 Å². The van der Waals surface area contributed by atoms with Crippen molar-refractivity contribution in [2.24, 2.45) is 11.7 Å². The van der Waals surface area contributed by atoms with E-state index in [1.165, 1.54) is 11.3 Å².